The topological polar surface area (TPSA) is 49.5 Å². The van der Waals surface area contributed by atoms with Crippen LogP contribution in [0.5, 0.6) is 0 Å². The molecule has 0 aromatic carbocycles. The summed E-state index contributed by atoms with van der Waals surface area (Å²) in [5.74, 6) is 0. The van der Waals surface area contributed by atoms with Crippen LogP contribution in [0.25, 0.3) is 0 Å². The molecule has 0 saturated carbocycles. The molecule has 0 spiro atoms. The van der Waals surface area contributed by atoms with Gasteiger partial charge in [-0.15, -0.1) is 0 Å². The van der Waals surface area contributed by atoms with E-state index in [1.807, 2.05) is 0 Å². The lowest BCUT2D eigenvalue weighted by Crippen LogP contribution is -2.54. The Hall–Kier alpha value is -0.120. The highest BCUT2D eigenvalue weighted by Crippen LogP contribution is 2.24. The molecule has 0 aromatic heterocycles. The van der Waals surface area contributed by atoms with Crippen LogP contribution >= 0.6 is 0 Å². The molecule has 0 radical (unpaired) electrons. The van der Waals surface area contributed by atoms with E-state index >= 15 is 0 Å². The molecule has 2 atom stereocenters. The molecule has 0 unspecified atom stereocenters. The highest BCUT2D eigenvalue weighted by molar-refractivity contribution is 4.87. The predicted octanol–water partition coefficient (Wildman–Crippen LogP) is 2.52. The van der Waals surface area contributed by atoms with E-state index in [1.165, 1.54) is 38.5 Å². The van der Waals surface area contributed by atoms with Crippen molar-refractivity contribution in [1.29, 1.82) is 0 Å². The van der Waals surface area contributed by atoms with Crippen molar-refractivity contribution in [3.63, 3.8) is 0 Å². The Labute approximate surface area is 113 Å². The minimum Gasteiger partial charge on any atom is -0.395 e. The molecule has 3 N–H and O–H groups in total. The Morgan fingerprint density at radius 3 is 2.28 bits per heavy atom. The highest BCUT2D eigenvalue weighted by Gasteiger charge is 2.30. The number of piperidine rings is 1. The maximum atomic E-state index is 9.56. The summed E-state index contributed by atoms with van der Waals surface area (Å²) in [6, 6.07) is 1.29. The Bertz CT molecular complexity index is 203. The van der Waals surface area contributed by atoms with Crippen LogP contribution in [-0.2, 0) is 0 Å². The summed E-state index contributed by atoms with van der Waals surface area (Å²) in [6.45, 7) is 5.77. The SMILES string of the molecule is CCCCC(CCCC)N1C[C@@H](N)CC[C@H]1CO. The fourth-order valence-corrected chi connectivity index (χ4v) is 3.08. The van der Waals surface area contributed by atoms with Gasteiger partial charge in [0.25, 0.3) is 0 Å². The van der Waals surface area contributed by atoms with Gasteiger partial charge in [0.1, 0.15) is 0 Å². The normalized spacial score (nSPS) is 25.8. The van der Waals surface area contributed by atoms with Crippen molar-refractivity contribution in [2.24, 2.45) is 5.73 Å². The van der Waals surface area contributed by atoms with E-state index in [0.29, 0.717) is 24.7 Å². The van der Waals surface area contributed by atoms with Gasteiger partial charge in [-0.05, 0) is 25.7 Å². The van der Waals surface area contributed by atoms with E-state index < -0.39 is 0 Å². The van der Waals surface area contributed by atoms with E-state index in [0.717, 1.165) is 19.4 Å². The molecule has 0 bridgehead atoms. The summed E-state index contributed by atoms with van der Waals surface area (Å²) in [5, 5.41) is 9.56. The first-order chi connectivity index (χ1) is 8.72. The van der Waals surface area contributed by atoms with E-state index in [4.69, 9.17) is 5.73 Å². The molecular formula is C15H32N2O. The molecule has 1 rings (SSSR count). The summed E-state index contributed by atoms with van der Waals surface area (Å²) in [5.41, 5.74) is 6.11. The first kappa shape index (κ1) is 15.9. The number of unbranched alkanes of at least 4 members (excludes halogenated alkanes) is 2. The van der Waals surface area contributed by atoms with Crippen LogP contribution in [0.1, 0.15) is 65.2 Å². The van der Waals surface area contributed by atoms with Crippen LogP contribution in [0.15, 0.2) is 0 Å². The summed E-state index contributed by atoms with van der Waals surface area (Å²) in [6.07, 6.45) is 9.75. The second kappa shape index (κ2) is 8.89. The van der Waals surface area contributed by atoms with Crippen LogP contribution in [0, 0.1) is 0 Å². The second-order valence-electron chi connectivity index (χ2n) is 5.81. The minimum absolute atomic E-state index is 0.293. The lowest BCUT2D eigenvalue weighted by Gasteiger charge is -2.43. The molecule has 108 valence electrons. The first-order valence-electron chi connectivity index (χ1n) is 7.85. The van der Waals surface area contributed by atoms with Gasteiger partial charge in [-0.2, -0.15) is 0 Å². The molecule has 1 heterocycles. The number of hydrogen-bond donors (Lipinski definition) is 2. The predicted molar refractivity (Wildman–Crippen MR) is 77.6 cm³/mol. The minimum atomic E-state index is 0.293. The van der Waals surface area contributed by atoms with E-state index in [2.05, 4.69) is 18.7 Å². The lowest BCUT2D eigenvalue weighted by atomic mass is 9.93. The van der Waals surface area contributed by atoms with E-state index in [1.54, 1.807) is 0 Å². The average Bonchev–Trinajstić information content (AvgIpc) is 2.39. The van der Waals surface area contributed by atoms with Gasteiger partial charge in [0.15, 0.2) is 0 Å². The number of nitrogens with zero attached hydrogens (tertiary/aromatic N) is 1. The van der Waals surface area contributed by atoms with Gasteiger partial charge in [-0.1, -0.05) is 39.5 Å². The second-order valence-corrected chi connectivity index (χ2v) is 5.81. The van der Waals surface area contributed by atoms with Crippen molar-refractivity contribution < 1.29 is 5.11 Å². The lowest BCUT2D eigenvalue weighted by molar-refractivity contribution is 0.0369. The van der Waals surface area contributed by atoms with Crippen LogP contribution in [-0.4, -0.2) is 41.3 Å². The molecule has 1 aliphatic rings. The van der Waals surface area contributed by atoms with Crippen LogP contribution in [0.4, 0.5) is 0 Å². The van der Waals surface area contributed by atoms with Gasteiger partial charge in [0, 0.05) is 24.7 Å². The largest absolute Gasteiger partial charge is 0.395 e. The van der Waals surface area contributed by atoms with Crippen molar-refractivity contribution in [3.05, 3.63) is 0 Å². The van der Waals surface area contributed by atoms with E-state index in [-0.39, 0.29) is 0 Å². The van der Waals surface area contributed by atoms with Crippen molar-refractivity contribution in [3.8, 4) is 0 Å². The fourth-order valence-electron chi connectivity index (χ4n) is 3.08. The van der Waals surface area contributed by atoms with Gasteiger partial charge in [0.05, 0.1) is 6.61 Å². The third-order valence-corrected chi connectivity index (χ3v) is 4.25. The monoisotopic (exact) mass is 256 g/mol. The molecule has 0 amide bonds. The standard InChI is InChI=1S/C15H32N2O/c1-3-5-7-14(8-6-4-2)17-11-13(16)9-10-15(17)12-18/h13-15,18H,3-12,16H2,1-2H3/t13-,15-/m0/s1. The van der Waals surface area contributed by atoms with Crippen LogP contribution in [0.3, 0.4) is 0 Å². The number of rotatable bonds is 8. The van der Waals surface area contributed by atoms with E-state index in [9.17, 15) is 5.11 Å². The molecule has 1 aliphatic heterocycles. The zero-order valence-corrected chi connectivity index (χ0v) is 12.3. The molecule has 1 fully saturated rings. The van der Waals surface area contributed by atoms with Crippen molar-refractivity contribution in [2.45, 2.75) is 83.3 Å². The number of hydrogen-bond acceptors (Lipinski definition) is 3. The summed E-state index contributed by atoms with van der Waals surface area (Å²) in [4.78, 5) is 2.51. The molecule has 18 heavy (non-hydrogen) atoms. The molecule has 1 saturated heterocycles. The van der Waals surface area contributed by atoms with Gasteiger partial charge in [0.2, 0.25) is 0 Å². The number of nitrogens with two attached hydrogens (primary N) is 1. The molecule has 3 nitrogen and oxygen atoms in total. The number of likely N-dealkylation sites (tertiary alicyclic amines) is 1. The average molecular weight is 256 g/mol. The Balaban J connectivity index is 2.59. The first-order valence-corrected chi connectivity index (χ1v) is 7.85. The van der Waals surface area contributed by atoms with Crippen molar-refractivity contribution in [2.75, 3.05) is 13.2 Å². The third kappa shape index (κ3) is 4.87. The van der Waals surface area contributed by atoms with Gasteiger partial charge < -0.3 is 10.8 Å². The molecular weight excluding hydrogens is 224 g/mol. The smallest absolute Gasteiger partial charge is 0.0587 e. The zero-order valence-electron chi connectivity index (χ0n) is 12.3. The Kier molecular flexibility index (Phi) is 7.87. The zero-order chi connectivity index (χ0) is 13.4. The Morgan fingerprint density at radius 2 is 1.78 bits per heavy atom. The molecule has 0 aliphatic carbocycles. The fraction of sp³-hybridized carbons (Fsp3) is 1.00. The number of aliphatic hydroxyl groups excluding tert-OH is 1. The molecule has 0 aromatic rings. The highest BCUT2D eigenvalue weighted by atomic mass is 16.3. The van der Waals surface area contributed by atoms with Crippen molar-refractivity contribution >= 4 is 0 Å². The quantitative estimate of drug-likeness (QED) is 0.701. The Morgan fingerprint density at radius 1 is 1.17 bits per heavy atom. The molecule has 3 heteroatoms. The summed E-state index contributed by atoms with van der Waals surface area (Å²) in [7, 11) is 0. The maximum absolute atomic E-state index is 9.56. The van der Waals surface area contributed by atoms with Crippen LogP contribution in [0.2, 0.25) is 0 Å². The maximum Gasteiger partial charge on any atom is 0.0587 e. The van der Waals surface area contributed by atoms with Crippen LogP contribution < -0.4 is 5.73 Å². The van der Waals surface area contributed by atoms with Crippen molar-refractivity contribution in [1.82, 2.24) is 4.90 Å². The number of aliphatic hydroxyl groups is 1. The third-order valence-electron chi connectivity index (χ3n) is 4.25. The van der Waals surface area contributed by atoms with Gasteiger partial charge in [-0.25, -0.2) is 0 Å². The summed E-state index contributed by atoms with van der Waals surface area (Å²) >= 11 is 0. The summed E-state index contributed by atoms with van der Waals surface area (Å²) < 4.78 is 0. The van der Waals surface area contributed by atoms with Gasteiger partial charge in [-0.3, -0.25) is 4.90 Å². The van der Waals surface area contributed by atoms with Gasteiger partial charge >= 0.3 is 0 Å².